The van der Waals surface area contributed by atoms with E-state index in [1.54, 1.807) is 11.9 Å². The molecule has 4 nitrogen and oxygen atoms in total. The normalized spacial score (nSPS) is 9.00. The van der Waals surface area contributed by atoms with Crippen molar-refractivity contribution in [1.29, 1.82) is 0 Å². The van der Waals surface area contributed by atoms with Crippen molar-refractivity contribution in [2.24, 2.45) is 5.73 Å². The van der Waals surface area contributed by atoms with E-state index in [1.807, 2.05) is 26.0 Å². The molecule has 0 aromatic carbocycles. The van der Waals surface area contributed by atoms with E-state index >= 15 is 0 Å². The molecule has 4 heteroatoms. The first-order valence-corrected chi connectivity index (χ1v) is 4.64. The molecule has 0 saturated carbocycles. The van der Waals surface area contributed by atoms with Crippen LogP contribution in [0.15, 0.2) is 12.7 Å². The molecule has 0 rings (SSSR count). The Kier molecular flexibility index (Phi) is 11.4. The first-order valence-electron chi connectivity index (χ1n) is 4.64. The van der Waals surface area contributed by atoms with Gasteiger partial charge in [0.25, 0.3) is 0 Å². The van der Waals surface area contributed by atoms with Gasteiger partial charge in [0.2, 0.25) is 5.91 Å². The van der Waals surface area contributed by atoms with Gasteiger partial charge in [0.1, 0.15) is 0 Å². The molecular formula is C10H23N3O. The zero-order chi connectivity index (χ0) is 11.6. The highest BCUT2D eigenvalue weighted by molar-refractivity contribution is 5.86. The maximum atomic E-state index is 10.8. The van der Waals surface area contributed by atoms with Crippen molar-refractivity contribution < 1.29 is 4.79 Å². The molecule has 0 aromatic heterocycles. The van der Waals surface area contributed by atoms with Gasteiger partial charge in [0.15, 0.2) is 0 Å². The van der Waals surface area contributed by atoms with Crippen LogP contribution in [0, 0.1) is 0 Å². The van der Waals surface area contributed by atoms with E-state index in [2.05, 4.69) is 6.58 Å². The molecule has 0 aliphatic heterocycles. The molecule has 1 amide bonds. The number of nitrogens with two attached hydrogens (primary N) is 1. The Morgan fingerprint density at radius 2 is 1.79 bits per heavy atom. The summed E-state index contributed by atoms with van der Waals surface area (Å²) < 4.78 is 0. The third-order valence-electron chi connectivity index (χ3n) is 1.25. The summed E-state index contributed by atoms with van der Waals surface area (Å²) in [7, 11) is 7.74. The second-order valence-electron chi connectivity index (χ2n) is 3.45. The van der Waals surface area contributed by atoms with E-state index in [-0.39, 0.29) is 5.91 Å². The first-order chi connectivity index (χ1) is 6.45. The second kappa shape index (κ2) is 10.2. The minimum Gasteiger partial charge on any atom is -0.342 e. The smallest absolute Gasteiger partial charge is 0.245 e. The molecule has 84 valence electrons. The predicted molar refractivity (Wildman–Crippen MR) is 61.1 cm³/mol. The van der Waals surface area contributed by atoms with Gasteiger partial charge in [-0.2, -0.15) is 0 Å². The minimum atomic E-state index is -0.0477. The van der Waals surface area contributed by atoms with Gasteiger partial charge in [-0.3, -0.25) is 4.79 Å². The van der Waals surface area contributed by atoms with E-state index < -0.39 is 0 Å². The van der Waals surface area contributed by atoms with Crippen molar-refractivity contribution in [3.63, 3.8) is 0 Å². The van der Waals surface area contributed by atoms with Gasteiger partial charge >= 0.3 is 0 Å². The number of nitrogens with zero attached hydrogens (tertiary/aromatic N) is 2. The van der Waals surface area contributed by atoms with Gasteiger partial charge in [-0.25, -0.2) is 0 Å². The van der Waals surface area contributed by atoms with Crippen LogP contribution in [0.1, 0.15) is 6.42 Å². The summed E-state index contributed by atoms with van der Waals surface area (Å²) in [6, 6.07) is 0. The van der Waals surface area contributed by atoms with Crippen LogP contribution < -0.4 is 5.73 Å². The third kappa shape index (κ3) is 13.7. The number of hydrogen-bond acceptors (Lipinski definition) is 3. The lowest BCUT2D eigenvalue weighted by Gasteiger charge is -2.13. The molecule has 0 radical (unpaired) electrons. The molecular weight excluding hydrogens is 178 g/mol. The monoisotopic (exact) mass is 201 g/mol. The molecule has 0 heterocycles. The summed E-state index contributed by atoms with van der Waals surface area (Å²) in [4.78, 5) is 14.4. The zero-order valence-corrected chi connectivity index (χ0v) is 9.79. The van der Waals surface area contributed by atoms with Crippen LogP contribution in [0.5, 0.6) is 0 Å². The summed E-state index contributed by atoms with van der Waals surface area (Å²) >= 11 is 0. The first kappa shape index (κ1) is 15.6. The van der Waals surface area contributed by atoms with Gasteiger partial charge in [-0.05, 0) is 40.2 Å². The Balaban J connectivity index is 0. The maximum Gasteiger partial charge on any atom is 0.245 e. The van der Waals surface area contributed by atoms with Crippen molar-refractivity contribution in [2.75, 3.05) is 41.3 Å². The number of carbonyl (C=O) groups excluding carboxylic acids is 1. The fourth-order valence-electron chi connectivity index (χ4n) is 0.594. The fraction of sp³-hybridized carbons (Fsp3) is 0.700. The number of amides is 1. The van der Waals surface area contributed by atoms with Crippen molar-refractivity contribution in [3.05, 3.63) is 12.7 Å². The minimum absolute atomic E-state index is 0.0477. The molecule has 0 aliphatic rings. The van der Waals surface area contributed by atoms with Crippen LogP contribution in [-0.2, 0) is 4.79 Å². The Morgan fingerprint density at radius 3 is 2.07 bits per heavy atom. The standard InChI is InChI=1S/C7H14N2O.C3H9N/c1-3-7(10)9(2)6-4-5-8;1-4(2)3/h3H,1,4-6,8H2,2H3;1-3H3. The van der Waals surface area contributed by atoms with Crippen LogP contribution >= 0.6 is 0 Å². The topological polar surface area (TPSA) is 49.6 Å². The highest BCUT2D eigenvalue weighted by Crippen LogP contribution is 1.86. The summed E-state index contributed by atoms with van der Waals surface area (Å²) in [5.74, 6) is -0.0477. The van der Waals surface area contributed by atoms with Gasteiger partial charge in [0.05, 0.1) is 0 Å². The fourth-order valence-corrected chi connectivity index (χ4v) is 0.594. The van der Waals surface area contributed by atoms with Crippen molar-refractivity contribution in [3.8, 4) is 0 Å². The predicted octanol–water partition coefficient (Wildman–Crippen LogP) is 0.157. The third-order valence-corrected chi connectivity index (χ3v) is 1.25. The summed E-state index contributed by atoms with van der Waals surface area (Å²) in [6.45, 7) is 4.70. The van der Waals surface area contributed by atoms with Crippen molar-refractivity contribution >= 4 is 5.91 Å². The molecule has 0 atom stereocenters. The highest BCUT2D eigenvalue weighted by atomic mass is 16.2. The highest BCUT2D eigenvalue weighted by Gasteiger charge is 2.00. The number of rotatable bonds is 4. The van der Waals surface area contributed by atoms with Crippen molar-refractivity contribution in [1.82, 2.24) is 9.80 Å². The lowest BCUT2D eigenvalue weighted by atomic mass is 10.4. The molecule has 0 aromatic rings. The largest absolute Gasteiger partial charge is 0.342 e. The number of carbonyl (C=O) groups is 1. The number of hydrogen-bond donors (Lipinski definition) is 1. The lowest BCUT2D eigenvalue weighted by Crippen LogP contribution is -2.26. The Labute approximate surface area is 87.4 Å². The van der Waals surface area contributed by atoms with Gasteiger partial charge < -0.3 is 15.5 Å². The molecule has 0 bridgehead atoms. The second-order valence-corrected chi connectivity index (χ2v) is 3.45. The molecule has 2 N–H and O–H groups in total. The lowest BCUT2D eigenvalue weighted by molar-refractivity contribution is -0.124. The molecule has 0 saturated heterocycles. The van der Waals surface area contributed by atoms with Gasteiger partial charge in [0, 0.05) is 13.6 Å². The van der Waals surface area contributed by atoms with Crippen LogP contribution in [0.25, 0.3) is 0 Å². The zero-order valence-electron chi connectivity index (χ0n) is 9.79. The van der Waals surface area contributed by atoms with Crippen LogP contribution in [0.3, 0.4) is 0 Å². The Morgan fingerprint density at radius 1 is 1.36 bits per heavy atom. The Hall–Kier alpha value is -0.870. The van der Waals surface area contributed by atoms with E-state index in [1.165, 1.54) is 6.08 Å². The van der Waals surface area contributed by atoms with E-state index in [0.29, 0.717) is 13.1 Å². The number of likely N-dealkylation sites (N-methyl/N-ethyl adjacent to an activating group) is 1. The van der Waals surface area contributed by atoms with Crippen molar-refractivity contribution in [2.45, 2.75) is 6.42 Å². The molecule has 0 aliphatic carbocycles. The SMILES string of the molecule is C=CC(=O)N(C)CCCN.CN(C)C. The van der Waals surface area contributed by atoms with E-state index in [4.69, 9.17) is 5.73 Å². The average Bonchev–Trinajstić information content (AvgIpc) is 2.11. The van der Waals surface area contributed by atoms with Crippen LogP contribution in [-0.4, -0.2) is 57.0 Å². The molecule has 14 heavy (non-hydrogen) atoms. The summed E-state index contributed by atoms with van der Waals surface area (Å²) in [5, 5.41) is 0. The maximum absolute atomic E-state index is 10.8. The van der Waals surface area contributed by atoms with Gasteiger partial charge in [-0.15, -0.1) is 0 Å². The Bertz CT molecular complexity index is 155. The van der Waals surface area contributed by atoms with E-state index in [0.717, 1.165) is 6.42 Å². The van der Waals surface area contributed by atoms with Crippen LogP contribution in [0.4, 0.5) is 0 Å². The van der Waals surface area contributed by atoms with E-state index in [9.17, 15) is 4.79 Å². The summed E-state index contributed by atoms with van der Waals surface area (Å²) in [6.07, 6.45) is 2.15. The molecule has 0 unspecified atom stereocenters. The van der Waals surface area contributed by atoms with Gasteiger partial charge in [-0.1, -0.05) is 6.58 Å². The van der Waals surface area contributed by atoms with Crippen LogP contribution in [0.2, 0.25) is 0 Å². The quantitative estimate of drug-likeness (QED) is 0.659. The molecule has 0 spiro atoms. The molecule has 0 fully saturated rings. The average molecular weight is 201 g/mol. The summed E-state index contributed by atoms with van der Waals surface area (Å²) in [5.41, 5.74) is 5.25.